The second-order valence-corrected chi connectivity index (χ2v) is 12.9. The van der Waals surface area contributed by atoms with Crippen LogP contribution in [0.2, 0.25) is 5.02 Å². The first kappa shape index (κ1) is 34.2. The van der Waals surface area contributed by atoms with Gasteiger partial charge in [0.05, 0.1) is 41.4 Å². The second-order valence-electron chi connectivity index (χ2n) is 12.5. The maximum absolute atomic E-state index is 13.8. The number of carbonyl (C=O) groups is 1. The molecule has 0 aliphatic heterocycles. The fraction of sp³-hybridized carbons (Fsp3) is 0.368. The molecule has 1 amide bonds. The minimum atomic E-state index is -0.287. The largest absolute Gasteiger partial charge is 0.496 e. The van der Waals surface area contributed by atoms with E-state index in [1.54, 1.807) is 31.4 Å². The third kappa shape index (κ3) is 9.24. The van der Waals surface area contributed by atoms with Crippen LogP contribution in [-0.2, 0) is 13.0 Å². The van der Waals surface area contributed by atoms with Gasteiger partial charge in [-0.3, -0.25) is 4.79 Å². The molecule has 5 N–H and O–H groups in total. The average Bonchev–Trinajstić information content (AvgIpc) is 3.56. The number of halogens is 1. The molecular formula is C38H44ClN5O3. The van der Waals surface area contributed by atoms with Gasteiger partial charge in [0.25, 0.3) is 5.91 Å². The van der Waals surface area contributed by atoms with Gasteiger partial charge in [0, 0.05) is 36.8 Å². The summed E-state index contributed by atoms with van der Waals surface area (Å²) >= 11 is 6.67. The highest BCUT2D eigenvalue weighted by atomic mass is 35.5. The summed E-state index contributed by atoms with van der Waals surface area (Å²) < 4.78 is 11.9. The Bertz CT molecular complexity index is 1670. The number of nitrogens with two attached hydrogens (primary N) is 1. The molecule has 1 aliphatic rings. The van der Waals surface area contributed by atoms with E-state index in [1.165, 1.54) is 11.1 Å². The Morgan fingerprint density at radius 2 is 1.79 bits per heavy atom. The quantitative estimate of drug-likeness (QED) is 0.124. The fourth-order valence-corrected chi connectivity index (χ4v) is 6.24. The highest BCUT2D eigenvalue weighted by Gasteiger charge is 2.23. The number of furan rings is 1. The molecule has 9 heteroatoms. The summed E-state index contributed by atoms with van der Waals surface area (Å²) in [6, 6.07) is 25.8. The first-order valence-electron chi connectivity index (χ1n) is 16.3. The minimum absolute atomic E-state index is 0.145. The predicted octanol–water partition coefficient (Wildman–Crippen LogP) is 6.84. The predicted molar refractivity (Wildman–Crippen MR) is 186 cm³/mol. The highest BCUT2D eigenvalue weighted by Crippen LogP contribution is 2.36. The third-order valence-corrected chi connectivity index (χ3v) is 9.26. The summed E-state index contributed by atoms with van der Waals surface area (Å²) in [4.78, 5) is 13.8. The Labute approximate surface area is 282 Å². The lowest BCUT2D eigenvalue weighted by atomic mass is 9.91. The van der Waals surface area contributed by atoms with E-state index >= 15 is 0 Å². The van der Waals surface area contributed by atoms with Crippen LogP contribution < -0.4 is 26.4 Å². The van der Waals surface area contributed by atoms with Crippen molar-refractivity contribution in [2.45, 2.75) is 76.7 Å². The summed E-state index contributed by atoms with van der Waals surface area (Å²) in [6.45, 7) is 5.32. The van der Waals surface area contributed by atoms with E-state index in [4.69, 9.17) is 26.5 Å². The summed E-state index contributed by atoms with van der Waals surface area (Å²) in [5.74, 6) is 1.57. The average molecular weight is 654 g/mol. The van der Waals surface area contributed by atoms with Crippen molar-refractivity contribution < 1.29 is 13.9 Å². The Hall–Kier alpha value is -4.13. The zero-order valence-corrected chi connectivity index (χ0v) is 28.1. The number of hydrogen-bond donors (Lipinski definition) is 4. The van der Waals surface area contributed by atoms with Crippen LogP contribution >= 0.6 is 11.6 Å². The number of aryl methyl sites for hydroxylation is 1. The topological polar surface area (TPSA) is 125 Å². The number of benzene rings is 3. The monoisotopic (exact) mass is 653 g/mol. The molecule has 4 aromatic rings. The van der Waals surface area contributed by atoms with E-state index in [0.29, 0.717) is 53.8 Å². The van der Waals surface area contributed by atoms with Crippen molar-refractivity contribution in [1.82, 2.24) is 16.0 Å². The van der Waals surface area contributed by atoms with E-state index in [-0.39, 0.29) is 29.1 Å². The van der Waals surface area contributed by atoms with Gasteiger partial charge in [-0.1, -0.05) is 53.6 Å². The van der Waals surface area contributed by atoms with E-state index in [1.807, 2.05) is 24.3 Å². The second kappa shape index (κ2) is 16.1. The lowest BCUT2D eigenvalue weighted by molar-refractivity contribution is 0.0935. The Kier molecular flexibility index (Phi) is 11.7. The number of ether oxygens (including phenoxy) is 1. The van der Waals surface area contributed by atoms with Gasteiger partial charge in [-0.25, -0.2) is 0 Å². The maximum atomic E-state index is 13.8. The van der Waals surface area contributed by atoms with Gasteiger partial charge in [-0.2, -0.15) is 5.26 Å². The van der Waals surface area contributed by atoms with Crippen LogP contribution in [0.1, 0.15) is 77.0 Å². The molecule has 47 heavy (non-hydrogen) atoms. The number of nitrogens with zero attached hydrogens (tertiary/aromatic N) is 1. The molecule has 1 saturated carbocycles. The molecule has 246 valence electrons. The number of methoxy groups -OCH3 is 1. The zero-order valence-electron chi connectivity index (χ0n) is 27.3. The lowest BCUT2D eigenvalue weighted by Crippen LogP contribution is -2.47. The van der Waals surface area contributed by atoms with E-state index < -0.39 is 0 Å². The van der Waals surface area contributed by atoms with Crippen LogP contribution in [0, 0.1) is 18.3 Å². The molecule has 0 spiro atoms. The molecule has 1 heterocycles. The Morgan fingerprint density at radius 3 is 2.47 bits per heavy atom. The lowest BCUT2D eigenvalue weighted by Gasteiger charge is -2.29. The number of carbonyl (C=O) groups excluding carboxylic acids is 1. The van der Waals surface area contributed by atoms with E-state index in [9.17, 15) is 10.1 Å². The molecule has 8 nitrogen and oxygen atoms in total. The van der Waals surface area contributed by atoms with Gasteiger partial charge in [0.2, 0.25) is 0 Å². The van der Waals surface area contributed by atoms with Crippen molar-refractivity contribution in [2.75, 3.05) is 13.7 Å². The summed E-state index contributed by atoms with van der Waals surface area (Å²) in [5, 5.41) is 19.9. The molecule has 0 saturated heterocycles. The van der Waals surface area contributed by atoms with Crippen LogP contribution in [-0.4, -0.2) is 37.7 Å². The van der Waals surface area contributed by atoms with E-state index in [0.717, 1.165) is 37.0 Å². The smallest absolute Gasteiger partial charge is 0.253 e. The van der Waals surface area contributed by atoms with Crippen molar-refractivity contribution in [3.8, 4) is 23.1 Å². The molecule has 2 atom stereocenters. The SMILES string of the molecule is COc1cc(Cl)c(C(=O)N[C@@H](CN[C@H]2CC[C@@H](N)CC2)Cc2ccc(C#N)cc2)cc1-c1ccc(CN[C@H](C)c2ccc(C)cc2)o1. The molecule has 0 bridgehead atoms. The standard InChI is InChI=1S/C38H44ClN5O3/c1-24-4-10-28(11-5-24)25(2)42-23-32-16-17-36(47-32)34-19-33(35(39)20-37(34)46-3)38(45)44-31(18-26-6-8-27(21-40)9-7-26)22-43-30-14-12-29(41)13-15-30/h4-11,16-17,19-20,25,29-31,42-43H,12-15,18,22-23,41H2,1-3H3,(H,44,45)/t25-,29-,30+,31-/m1/s1. The van der Waals surface area contributed by atoms with Crippen molar-refractivity contribution in [1.29, 1.82) is 5.26 Å². The number of nitriles is 1. The summed E-state index contributed by atoms with van der Waals surface area (Å²) in [7, 11) is 1.57. The van der Waals surface area contributed by atoms with Gasteiger partial charge >= 0.3 is 0 Å². The van der Waals surface area contributed by atoms with E-state index in [2.05, 4.69) is 60.1 Å². The summed E-state index contributed by atoms with van der Waals surface area (Å²) in [5.41, 5.74) is 11.1. The van der Waals surface area contributed by atoms with Crippen LogP contribution in [0.25, 0.3) is 11.3 Å². The maximum Gasteiger partial charge on any atom is 0.253 e. The van der Waals surface area contributed by atoms with Crippen molar-refractivity contribution in [3.05, 3.63) is 111 Å². The van der Waals surface area contributed by atoms with Gasteiger partial charge in [0.15, 0.2) is 0 Å². The molecule has 1 aromatic heterocycles. The van der Waals surface area contributed by atoms with Crippen LogP contribution in [0.15, 0.2) is 77.2 Å². The van der Waals surface area contributed by atoms with Crippen LogP contribution in [0.5, 0.6) is 5.75 Å². The molecule has 5 rings (SSSR count). The first-order valence-corrected chi connectivity index (χ1v) is 16.7. The van der Waals surface area contributed by atoms with Gasteiger partial charge in [-0.15, -0.1) is 0 Å². The third-order valence-electron chi connectivity index (χ3n) is 8.95. The number of nitrogens with one attached hydrogen (secondary N) is 3. The molecule has 1 aliphatic carbocycles. The van der Waals surface area contributed by atoms with Gasteiger partial charge in [-0.05, 0) is 87.4 Å². The number of hydrogen-bond acceptors (Lipinski definition) is 7. The molecular weight excluding hydrogens is 610 g/mol. The zero-order chi connectivity index (χ0) is 33.3. The van der Waals surface area contributed by atoms with Gasteiger partial charge < -0.3 is 30.8 Å². The molecule has 0 unspecified atom stereocenters. The fourth-order valence-electron chi connectivity index (χ4n) is 6.00. The van der Waals surface area contributed by atoms with Crippen molar-refractivity contribution in [2.24, 2.45) is 5.73 Å². The normalized spacial score (nSPS) is 17.4. The first-order chi connectivity index (χ1) is 22.7. The van der Waals surface area contributed by atoms with Crippen molar-refractivity contribution >= 4 is 17.5 Å². The number of rotatable bonds is 13. The highest BCUT2D eigenvalue weighted by molar-refractivity contribution is 6.34. The van der Waals surface area contributed by atoms with Crippen LogP contribution in [0.3, 0.4) is 0 Å². The minimum Gasteiger partial charge on any atom is -0.496 e. The van der Waals surface area contributed by atoms with Crippen molar-refractivity contribution in [3.63, 3.8) is 0 Å². The number of amides is 1. The van der Waals surface area contributed by atoms with Crippen LogP contribution in [0.4, 0.5) is 0 Å². The Morgan fingerprint density at radius 1 is 1.06 bits per heavy atom. The summed E-state index contributed by atoms with van der Waals surface area (Å²) in [6.07, 6.45) is 4.60. The Balaban J connectivity index is 1.31. The molecule has 3 aromatic carbocycles. The molecule has 0 radical (unpaired) electrons. The molecule has 1 fully saturated rings. The van der Waals surface area contributed by atoms with Gasteiger partial charge in [0.1, 0.15) is 17.3 Å².